The third-order valence-corrected chi connectivity index (χ3v) is 3.84. The number of nitrogens with zero attached hydrogens (tertiary/aromatic N) is 4. The molecule has 0 aromatic rings. The van der Waals surface area contributed by atoms with Crippen molar-refractivity contribution in [3.05, 3.63) is 0 Å². The van der Waals surface area contributed by atoms with E-state index in [1.54, 1.807) is 0 Å². The van der Waals surface area contributed by atoms with E-state index in [9.17, 15) is 18.0 Å². The molecule has 1 N–H and O–H groups in total. The molecule has 146 valence electrons. The predicted molar refractivity (Wildman–Crippen MR) is 92.5 cm³/mol. The van der Waals surface area contributed by atoms with Crippen molar-refractivity contribution in [3.8, 4) is 0 Å². The summed E-state index contributed by atoms with van der Waals surface area (Å²) >= 11 is 0. The van der Waals surface area contributed by atoms with Crippen LogP contribution in [0.25, 0.3) is 0 Å². The monoisotopic (exact) mass is 365 g/mol. The molecule has 0 spiro atoms. The van der Waals surface area contributed by atoms with Gasteiger partial charge in [-0.1, -0.05) is 13.8 Å². The Hall–Kier alpha value is -1.51. The fourth-order valence-electron chi connectivity index (χ4n) is 2.70. The Morgan fingerprint density at radius 2 is 1.84 bits per heavy atom. The number of carbonyl (C=O) groups excluding carboxylic acids is 1. The van der Waals surface area contributed by atoms with Gasteiger partial charge in [-0.3, -0.25) is 9.69 Å². The van der Waals surface area contributed by atoms with E-state index < -0.39 is 18.6 Å². The number of piperazine rings is 1. The van der Waals surface area contributed by atoms with Crippen molar-refractivity contribution in [2.45, 2.75) is 26.9 Å². The first-order valence-electron chi connectivity index (χ1n) is 8.68. The summed E-state index contributed by atoms with van der Waals surface area (Å²) in [5, 5.41) is 3.11. The van der Waals surface area contributed by atoms with Crippen LogP contribution in [0.1, 0.15) is 20.8 Å². The number of amides is 1. The summed E-state index contributed by atoms with van der Waals surface area (Å²) in [5.74, 6) is 0.543. The van der Waals surface area contributed by atoms with E-state index >= 15 is 0 Å². The van der Waals surface area contributed by atoms with Gasteiger partial charge in [0.1, 0.15) is 13.1 Å². The van der Waals surface area contributed by atoms with Gasteiger partial charge in [-0.25, -0.2) is 4.99 Å². The molecule has 1 heterocycles. The van der Waals surface area contributed by atoms with Gasteiger partial charge >= 0.3 is 6.18 Å². The van der Waals surface area contributed by atoms with Crippen molar-refractivity contribution in [1.29, 1.82) is 0 Å². The molecule has 1 amide bonds. The highest BCUT2D eigenvalue weighted by Crippen LogP contribution is 2.15. The highest BCUT2D eigenvalue weighted by atomic mass is 19.4. The lowest BCUT2D eigenvalue weighted by Crippen LogP contribution is -2.53. The molecule has 1 saturated heterocycles. The minimum atomic E-state index is -4.40. The van der Waals surface area contributed by atoms with E-state index in [1.165, 1.54) is 0 Å². The van der Waals surface area contributed by atoms with E-state index in [-0.39, 0.29) is 6.54 Å². The van der Waals surface area contributed by atoms with Crippen LogP contribution < -0.4 is 5.32 Å². The number of nitrogens with one attached hydrogen (secondary N) is 1. The lowest BCUT2D eigenvalue weighted by atomic mass is 10.2. The highest BCUT2D eigenvalue weighted by Gasteiger charge is 2.31. The molecule has 0 unspecified atom stereocenters. The summed E-state index contributed by atoms with van der Waals surface area (Å²) in [6, 6.07) is 0. The number of aliphatic imine (C=N–C) groups is 1. The fraction of sp³-hybridized carbons (Fsp3) is 0.875. The van der Waals surface area contributed by atoms with Crippen molar-refractivity contribution >= 4 is 11.9 Å². The summed E-state index contributed by atoms with van der Waals surface area (Å²) in [4.78, 5) is 21.2. The second kappa shape index (κ2) is 9.84. The van der Waals surface area contributed by atoms with Crippen LogP contribution in [0.2, 0.25) is 0 Å². The first-order valence-corrected chi connectivity index (χ1v) is 8.68. The van der Waals surface area contributed by atoms with Crippen LogP contribution in [-0.2, 0) is 4.79 Å². The van der Waals surface area contributed by atoms with Gasteiger partial charge in [-0.15, -0.1) is 0 Å². The average molecular weight is 365 g/mol. The topological polar surface area (TPSA) is 51.2 Å². The van der Waals surface area contributed by atoms with Gasteiger partial charge in [0.2, 0.25) is 5.91 Å². The second-order valence-corrected chi connectivity index (χ2v) is 6.72. The van der Waals surface area contributed by atoms with Crippen LogP contribution in [-0.4, -0.2) is 92.1 Å². The van der Waals surface area contributed by atoms with Gasteiger partial charge in [0, 0.05) is 46.3 Å². The molecule has 6 nitrogen and oxygen atoms in total. The molecule has 25 heavy (non-hydrogen) atoms. The van der Waals surface area contributed by atoms with Crippen molar-refractivity contribution in [3.63, 3.8) is 0 Å². The summed E-state index contributed by atoms with van der Waals surface area (Å²) in [6.07, 6.45) is -4.40. The van der Waals surface area contributed by atoms with Gasteiger partial charge in [-0.2, -0.15) is 13.2 Å². The Morgan fingerprint density at radius 1 is 1.24 bits per heavy atom. The molecule has 1 aliphatic rings. The quantitative estimate of drug-likeness (QED) is 0.569. The van der Waals surface area contributed by atoms with E-state index in [2.05, 4.69) is 34.0 Å². The summed E-state index contributed by atoms with van der Waals surface area (Å²) in [7, 11) is 1.14. The molecule has 1 aliphatic heterocycles. The van der Waals surface area contributed by atoms with Crippen LogP contribution in [0.15, 0.2) is 4.99 Å². The van der Waals surface area contributed by atoms with Crippen molar-refractivity contribution in [2.24, 2.45) is 10.9 Å². The minimum absolute atomic E-state index is 0.291. The summed E-state index contributed by atoms with van der Waals surface area (Å²) in [5.41, 5.74) is 0. The van der Waals surface area contributed by atoms with Crippen LogP contribution >= 0.6 is 0 Å². The standard InChI is InChI=1S/C16H30F3N5O/c1-5-20-15(21-10-14(25)22(4)12-16(17,18)19)24-8-6-23(7-9-24)11-13(2)3/h13H,5-12H2,1-4H3,(H,20,21). The zero-order chi connectivity index (χ0) is 19.0. The van der Waals surface area contributed by atoms with Crippen LogP contribution in [0.4, 0.5) is 13.2 Å². The smallest absolute Gasteiger partial charge is 0.357 e. The van der Waals surface area contributed by atoms with Crippen LogP contribution in [0.3, 0.4) is 0 Å². The Kier molecular flexibility index (Phi) is 8.47. The molecule has 0 saturated carbocycles. The average Bonchev–Trinajstić information content (AvgIpc) is 2.49. The molecular formula is C16H30F3N5O. The molecule has 0 aromatic carbocycles. The molecular weight excluding hydrogens is 335 g/mol. The van der Waals surface area contributed by atoms with Crippen LogP contribution in [0, 0.1) is 5.92 Å². The first kappa shape index (κ1) is 21.5. The molecule has 9 heteroatoms. The van der Waals surface area contributed by atoms with Gasteiger partial charge in [0.05, 0.1) is 0 Å². The van der Waals surface area contributed by atoms with E-state index in [1.807, 2.05) is 6.92 Å². The molecule has 0 bridgehead atoms. The van der Waals surface area contributed by atoms with Crippen LogP contribution in [0.5, 0.6) is 0 Å². The lowest BCUT2D eigenvalue weighted by molar-refractivity contribution is -0.157. The second-order valence-electron chi connectivity index (χ2n) is 6.72. The third-order valence-electron chi connectivity index (χ3n) is 3.84. The molecule has 0 aromatic heterocycles. The number of halogens is 3. The summed E-state index contributed by atoms with van der Waals surface area (Å²) in [6.45, 7) is 9.79. The number of alkyl halides is 3. The van der Waals surface area contributed by atoms with E-state index in [4.69, 9.17) is 0 Å². The normalized spacial score (nSPS) is 17.1. The van der Waals surface area contributed by atoms with Gasteiger partial charge in [0.15, 0.2) is 5.96 Å². The largest absolute Gasteiger partial charge is 0.406 e. The molecule has 0 aliphatic carbocycles. The number of likely N-dealkylation sites (N-methyl/N-ethyl adjacent to an activating group) is 1. The maximum Gasteiger partial charge on any atom is 0.406 e. The predicted octanol–water partition coefficient (Wildman–Crippen LogP) is 1.25. The molecule has 1 rings (SSSR count). The number of hydrogen-bond donors (Lipinski definition) is 1. The Morgan fingerprint density at radius 3 is 2.32 bits per heavy atom. The number of rotatable bonds is 6. The Balaban J connectivity index is 2.58. The fourth-order valence-corrected chi connectivity index (χ4v) is 2.70. The SMILES string of the molecule is CCNC(=NCC(=O)N(C)CC(F)(F)F)N1CCN(CC(C)C)CC1. The first-order chi connectivity index (χ1) is 11.6. The Bertz CT molecular complexity index is 446. The van der Waals surface area contributed by atoms with E-state index in [0.29, 0.717) is 23.3 Å². The van der Waals surface area contributed by atoms with Gasteiger partial charge < -0.3 is 15.1 Å². The summed E-state index contributed by atoms with van der Waals surface area (Å²) < 4.78 is 37.0. The molecule has 0 radical (unpaired) electrons. The van der Waals surface area contributed by atoms with Crippen molar-refractivity contribution in [1.82, 2.24) is 20.0 Å². The van der Waals surface area contributed by atoms with Crippen molar-refractivity contribution in [2.75, 3.05) is 59.4 Å². The Labute approximate surface area is 148 Å². The zero-order valence-electron chi connectivity index (χ0n) is 15.6. The maximum atomic E-state index is 12.3. The van der Waals surface area contributed by atoms with E-state index in [0.717, 1.165) is 39.8 Å². The number of hydrogen-bond acceptors (Lipinski definition) is 3. The highest BCUT2D eigenvalue weighted by molar-refractivity contribution is 5.85. The minimum Gasteiger partial charge on any atom is -0.357 e. The lowest BCUT2D eigenvalue weighted by Gasteiger charge is -2.37. The molecule has 1 fully saturated rings. The number of carbonyl (C=O) groups is 1. The third kappa shape index (κ3) is 8.42. The van der Waals surface area contributed by atoms with Crippen molar-refractivity contribution < 1.29 is 18.0 Å². The molecule has 0 atom stereocenters. The van der Waals surface area contributed by atoms with Gasteiger partial charge in [0.25, 0.3) is 0 Å². The number of guanidine groups is 1. The zero-order valence-corrected chi connectivity index (χ0v) is 15.6. The van der Waals surface area contributed by atoms with Gasteiger partial charge in [-0.05, 0) is 12.8 Å². The maximum absolute atomic E-state index is 12.3.